The maximum atomic E-state index is 11.1. The van der Waals surface area contributed by atoms with Crippen LogP contribution in [0, 0.1) is 5.92 Å². The third kappa shape index (κ3) is 5.72. The van der Waals surface area contributed by atoms with E-state index in [4.69, 9.17) is 5.11 Å². The summed E-state index contributed by atoms with van der Waals surface area (Å²) in [6.45, 7) is 16.2. The predicted octanol–water partition coefficient (Wildman–Crippen LogP) is 6.84. The van der Waals surface area contributed by atoms with E-state index in [1.165, 1.54) is 40.7 Å². The monoisotopic (exact) mass is 428 g/mol. The second-order valence-corrected chi connectivity index (χ2v) is 10.7. The molecule has 0 amide bonds. The van der Waals surface area contributed by atoms with E-state index in [0.717, 1.165) is 12.0 Å². The molecule has 0 fully saturated rings. The molecule has 0 unspecified atom stereocenters. The van der Waals surface area contributed by atoms with Gasteiger partial charge in [0.2, 0.25) is 0 Å². The van der Waals surface area contributed by atoms with Gasteiger partial charge in [-0.2, -0.15) is 0 Å². The zero-order valence-electron chi connectivity index (χ0n) is 19.6. The molecule has 3 rings (SSSR count). The van der Waals surface area contributed by atoms with E-state index in [0.29, 0.717) is 11.5 Å². The van der Waals surface area contributed by atoms with Crippen molar-refractivity contribution in [2.45, 2.75) is 78.6 Å². The number of benzene rings is 2. The van der Waals surface area contributed by atoms with E-state index in [-0.39, 0.29) is 40.4 Å². The number of rotatable bonds is 5. The first kappa shape index (κ1) is 25.9. The Kier molecular flexibility index (Phi) is 8.06. The number of fused-ring (bicyclic) bond motifs is 1. The number of carboxylic acids is 1. The van der Waals surface area contributed by atoms with Crippen molar-refractivity contribution in [2.24, 2.45) is 5.92 Å². The first-order chi connectivity index (χ1) is 13.9. The normalized spacial score (nSPS) is 17.1. The number of hydrogen-bond acceptors (Lipinski definition) is 1. The molecule has 2 aromatic carbocycles. The van der Waals surface area contributed by atoms with Crippen molar-refractivity contribution in [3.8, 4) is 0 Å². The van der Waals surface area contributed by atoms with E-state index in [1.54, 1.807) is 12.1 Å². The van der Waals surface area contributed by atoms with Gasteiger partial charge in [0.15, 0.2) is 0 Å². The topological polar surface area (TPSA) is 37.3 Å². The maximum absolute atomic E-state index is 11.1. The van der Waals surface area contributed by atoms with Crippen molar-refractivity contribution >= 4 is 47.2 Å². The summed E-state index contributed by atoms with van der Waals surface area (Å²) >= 11 is 0. The second-order valence-electron chi connectivity index (χ2n) is 10.7. The Morgan fingerprint density at radius 1 is 1.00 bits per heavy atom. The van der Waals surface area contributed by atoms with Crippen molar-refractivity contribution in [1.82, 2.24) is 0 Å². The molecule has 0 heterocycles. The summed E-state index contributed by atoms with van der Waals surface area (Å²) in [5.41, 5.74) is 8.72. The summed E-state index contributed by atoms with van der Waals surface area (Å²) in [4.78, 5) is 11.1. The zero-order chi connectivity index (χ0) is 22.3. The van der Waals surface area contributed by atoms with Crippen molar-refractivity contribution in [3.05, 3.63) is 69.8 Å². The van der Waals surface area contributed by atoms with Gasteiger partial charge in [-0.25, -0.2) is 4.79 Å². The van der Waals surface area contributed by atoms with Gasteiger partial charge in [0.25, 0.3) is 0 Å². The van der Waals surface area contributed by atoms with Crippen molar-refractivity contribution in [3.63, 3.8) is 0 Å². The van der Waals surface area contributed by atoms with E-state index in [2.05, 4.69) is 66.7 Å². The quantitative estimate of drug-likeness (QED) is 0.418. The van der Waals surface area contributed by atoms with Crippen LogP contribution < -0.4 is 0 Å². The Hall–Kier alpha value is -1.35. The minimum atomic E-state index is -0.888. The molecule has 1 N–H and O–H groups in total. The summed E-state index contributed by atoms with van der Waals surface area (Å²) in [6, 6.07) is 12.1. The number of hydrogen-bond donors (Lipinski definition) is 1. The number of carbonyl (C=O) groups is 1. The third-order valence-electron chi connectivity index (χ3n) is 6.67. The molecule has 0 spiro atoms. The fourth-order valence-electron chi connectivity index (χ4n) is 4.68. The average Bonchev–Trinajstić information content (AvgIpc) is 2.65. The van der Waals surface area contributed by atoms with Crippen LogP contribution in [0.1, 0.15) is 99.5 Å². The summed E-state index contributed by atoms with van der Waals surface area (Å²) in [6.07, 6.45) is 5.66. The first-order valence-electron chi connectivity index (χ1n) is 11.1. The summed E-state index contributed by atoms with van der Waals surface area (Å²) in [7, 11) is 0. The van der Waals surface area contributed by atoms with Crippen LogP contribution in [0.15, 0.2) is 36.4 Å². The predicted molar refractivity (Wildman–Crippen MR) is 134 cm³/mol. The van der Waals surface area contributed by atoms with Crippen LogP contribution in [0.5, 0.6) is 0 Å². The molecular formula is C28H37NaO2. The van der Waals surface area contributed by atoms with Crippen LogP contribution in [0.4, 0.5) is 0 Å². The molecule has 0 aliphatic heterocycles. The van der Waals surface area contributed by atoms with E-state index in [9.17, 15) is 4.79 Å². The number of carboxylic acid groups (broad SMARTS) is 1. The van der Waals surface area contributed by atoms with Gasteiger partial charge in [0.05, 0.1) is 5.56 Å². The van der Waals surface area contributed by atoms with Crippen LogP contribution in [0.3, 0.4) is 0 Å². The number of aromatic carboxylic acids is 1. The fourth-order valence-corrected chi connectivity index (χ4v) is 4.68. The molecule has 0 atom stereocenters. The summed E-state index contributed by atoms with van der Waals surface area (Å²) in [5, 5.41) is 9.14. The Morgan fingerprint density at radius 2 is 1.52 bits per heavy atom. The molecule has 0 saturated carbocycles. The van der Waals surface area contributed by atoms with Gasteiger partial charge in [-0.15, -0.1) is 0 Å². The molecular weight excluding hydrogens is 391 g/mol. The van der Waals surface area contributed by atoms with Crippen LogP contribution in [-0.2, 0) is 17.3 Å². The van der Waals surface area contributed by atoms with Gasteiger partial charge in [-0.1, -0.05) is 71.9 Å². The second kappa shape index (κ2) is 9.65. The Bertz CT molecular complexity index is 979. The standard InChI is InChI=1S/C28H36O2.Na.H/c1-18(2)14-22-16-24-25(28(6,7)13-12-27(24,4)5)17-23(22)19(3)15-20-8-10-21(11-9-20)26(29)30;;/h8-11,15-18H,12-14H2,1-7H3,(H,29,30);;. The van der Waals surface area contributed by atoms with E-state index >= 15 is 0 Å². The molecule has 162 valence electrons. The van der Waals surface area contributed by atoms with Crippen LogP contribution in [0.2, 0.25) is 0 Å². The molecule has 0 aromatic heterocycles. The van der Waals surface area contributed by atoms with Gasteiger partial charge in [0.1, 0.15) is 0 Å². The van der Waals surface area contributed by atoms with Gasteiger partial charge in [-0.3, -0.25) is 0 Å². The molecule has 31 heavy (non-hydrogen) atoms. The number of allylic oxidation sites excluding steroid dienone is 1. The van der Waals surface area contributed by atoms with Gasteiger partial charge in [-0.05, 0) is 88.5 Å². The van der Waals surface area contributed by atoms with Gasteiger partial charge >= 0.3 is 35.5 Å². The summed E-state index contributed by atoms with van der Waals surface area (Å²) < 4.78 is 0. The first-order valence-corrected chi connectivity index (χ1v) is 11.1. The molecule has 2 aromatic rings. The molecule has 0 bridgehead atoms. The average molecular weight is 429 g/mol. The Morgan fingerprint density at radius 3 is 2.00 bits per heavy atom. The van der Waals surface area contributed by atoms with Gasteiger partial charge in [0, 0.05) is 0 Å². The van der Waals surface area contributed by atoms with Crippen LogP contribution in [0.25, 0.3) is 11.6 Å². The van der Waals surface area contributed by atoms with E-state index < -0.39 is 5.97 Å². The van der Waals surface area contributed by atoms with Crippen molar-refractivity contribution < 1.29 is 9.90 Å². The molecule has 0 radical (unpaired) electrons. The summed E-state index contributed by atoms with van der Waals surface area (Å²) in [5.74, 6) is -0.301. The molecule has 1 aliphatic rings. The van der Waals surface area contributed by atoms with E-state index in [1.807, 2.05) is 12.1 Å². The van der Waals surface area contributed by atoms with Crippen LogP contribution >= 0.6 is 0 Å². The Labute approximate surface area is 210 Å². The molecule has 0 saturated heterocycles. The third-order valence-corrected chi connectivity index (χ3v) is 6.67. The SMILES string of the molecule is CC(=Cc1ccc(C(=O)O)cc1)c1cc2c(cc1CC(C)C)C(C)(C)CCC2(C)C.[NaH]. The van der Waals surface area contributed by atoms with Crippen LogP contribution in [-0.4, -0.2) is 40.6 Å². The minimum absolute atomic E-state index is 0. The van der Waals surface area contributed by atoms with Crippen molar-refractivity contribution in [1.29, 1.82) is 0 Å². The molecule has 2 nitrogen and oxygen atoms in total. The van der Waals surface area contributed by atoms with Crippen molar-refractivity contribution in [2.75, 3.05) is 0 Å². The Balaban J connectivity index is 0.00000341. The molecule has 3 heteroatoms. The molecule has 1 aliphatic carbocycles. The zero-order valence-corrected chi connectivity index (χ0v) is 19.6. The van der Waals surface area contributed by atoms with Gasteiger partial charge < -0.3 is 5.11 Å². The fraction of sp³-hybridized carbons (Fsp3) is 0.464.